The minimum atomic E-state index is -0.601. The molecule has 1 aliphatic rings. The zero-order chi connectivity index (χ0) is 16.7. The number of carbonyl (C=O) groups excluding carboxylic acids is 1. The van der Waals surface area contributed by atoms with E-state index in [1.165, 1.54) is 6.42 Å². The average Bonchev–Trinajstić information content (AvgIpc) is 2.67. The molecule has 2 aromatic carbocycles. The molecule has 0 spiro atoms. The Morgan fingerprint density at radius 1 is 0.750 bits per heavy atom. The lowest BCUT2D eigenvalue weighted by molar-refractivity contribution is -0.121. The largest absolute Gasteiger partial charge is 0.283 e. The number of hydrogen-bond donors (Lipinski definition) is 0. The molecule has 0 amide bonds. The third-order valence-electron chi connectivity index (χ3n) is 4.46. The molecular weight excluding hydrogens is 292 g/mol. The van der Waals surface area contributed by atoms with Gasteiger partial charge in [-0.1, -0.05) is 73.4 Å². The van der Waals surface area contributed by atoms with Gasteiger partial charge in [-0.3, -0.25) is 4.79 Å². The van der Waals surface area contributed by atoms with Crippen molar-refractivity contribution < 1.29 is 4.79 Å². The van der Waals surface area contributed by atoms with Crippen LogP contribution in [0.25, 0.3) is 0 Å². The molecule has 1 heteroatoms. The minimum absolute atomic E-state index is 0.0329. The molecule has 0 N–H and O–H groups in total. The molecular formula is C23H20O. The van der Waals surface area contributed by atoms with Gasteiger partial charge in [0.25, 0.3) is 0 Å². The second-order valence-electron chi connectivity index (χ2n) is 6.20. The molecule has 0 heterocycles. The van der Waals surface area contributed by atoms with Crippen molar-refractivity contribution in [3.63, 3.8) is 0 Å². The lowest BCUT2D eigenvalue weighted by atomic mass is 9.71. The van der Waals surface area contributed by atoms with Crippen LogP contribution >= 0.6 is 0 Å². The molecule has 1 aliphatic carbocycles. The van der Waals surface area contributed by atoms with E-state index in [1.807, 2.05) is 60.7 Å². The van der Waals surface area contributed by atoms with Gasteiger partial charge in [0.2, 0.25) is 5.78 Å². The van der Waals surface area contributed by atoms with Gasteiger partial charge in [-0.15, -0.1) is 0 Å². The Labute approximate surface area is 144 Å². The third kappa shape index (κ3) is 3.95. The summed E-state index contributed by atoms with van der Waals surface area (Å²) in [4.78, 5) is 12.8. The SMILES string of the molecule is O=C(C#Cc1ccccc1)C1(C#Cc2ccccc2)CCCCC1. The molecule has 3 rings (SSSR count). The first kappa shape index (κ1) is 16.1. The maximum atomic E-state index is 12.8. The first-order valence-corrected chi connectivity index (χ1v) is 8.48. The predicted molar refractivity (Wildman–Crippen MR) is 97.2 cm³/mol. The van der Waals surface area contributed by atoms with E-state index in [1.54, 1.807) is 0 Å². The summed E-state index contributed by atoms with van der Waals surface area (Å²) < 4.78 is 0. The van der Waals surface area contributed by atoms with Gasteiger partial charge >= 0.3 is 0 Å². The highest BCUT2D eigenvalue weighted by molar-refractivity contribution is 6.02. The highest BCUT2D eigenvalue weighted by Crippen LogP contribution is 2.36. The minimum Gasteiger partial charge on any atom is -0.283 e. The van der Waals surface area contributed by atoms with Crippen LogP contribution < -0.4 is 0 Å². The molecule has 0 unspecified atom stereocenters. The van der Waals surface area contributed by atoms with Crippen LogP contribution in [0.1, 0.15) is 43.2 Å². The lowest BCUT2D eigenvalue weighted by Crippen LogP contribution is -2.31. The molecule has 1 saturated carbocycles. The Hall–Kier alpha value is -2.77. The molecule has 118 valence electrons. The maximum Gasteiger partial charge on any atom is 0.223 e. The molecule has 24 heavy (non-hydrogen) atoms. The summed E-state index contributed by atoms with van der Waals surface area (Å²) in [5, 5.41) is 0. The molecule has 1 fully saturated rings. The standard InChI is InChI=1S/C23H20O/c24-22(15-14-20-10-4-1-5-11-20)23(17-8-3-9-18-23)19-16-21-12-6-2-7-13-21/h1-2,4-7,10-13H,3,8-9,17-18H2. The summed E-state index contributed by atoms with van der Waals surface area (Å²) in [5.74, 6) is 12.3. The first-order chi connectivity index (χ1) is 11.8. The van der Waals surface area contributed by atoms with Crippen LogP contribution in [0, 0.1) is 29.1 Å². The van der Waals surface area contributed by atoms with Gasteiger partial charge in [-0.25, -0.2) is 0 Å². The summed E-state index contributed by atoms with van der Waals surface area (Å²) in [7, 11) is 0. The normalized spacial score (nSPS) is 15.3. The molecule has 2 aromatic rings. The van der Waals surface area contributed by atoms with Crippen LogP contribution in [0.2, 0.25) is 0 Å². The molecule has 0 aromatic heterocycles. The van der Waals surface area contributed by atoms with Crippen LogP contribution in [-0.4, -0.2) is 5.78 Å². The third-order valence-corrected chi connectivity index (χ3v) is 4.46. The van der Waals surface area contributed by atoms with E-state index >= 15 is 0 Å². The Balaban J connectivity index is 1.88. The zero-order valence-electron chi connectivity index (χ0n) is 13.7. The van der Waals surface area contributed by atoms with Crippen LogP contribution in [-0.2, 0) is 4.79 Å². The smallest absolute Gasteiger partial charge is 0.223 e. The van der Waals surface area contributed by atoms with Crippen molar-refractivity contribution in [3.8, 4) is 23.7 Å². The Morgan fingerprint density at radius 3 is 1.88 bits per heavy atom. The van der Waals surface area contributed by atoms with Gasteiger partial charge < -0.3 is 0 Å². The second-order valence-corrected chi connectivity index (χ2v) is 6.20. The number of benzene rings is 2. The summed E-state index contributed by atoms with van der Waals surface area (Å²) in [5.41, 5.74) is 1.22. The molecule has 1 nitrogen and oxygen atoms in total. The number of carbonyl (C=O) groups is 1. The van der Waals surface area contributed by atoms with Crippen molar-refractivity contribution in [1.82, 2.24) is 0 Å². The van der Waals surface area contributed by atoms with Gasteiger partial charge in [0.15, 0.2) is 0 Å². The first-order valence-electron chi connectivity index (χ1n) is 8.48. The van der Waals surface area contributed by atoms with Crippen molar-refractivity contribution in [2.45, 2.75) is 32.1 Å². The van der Waals surface area contributed by atoms with E-state index in [2.05, 4.69) is 23.7 Å². The van der Waals surface area contributed by atoms with Crippen molar-refractivity contribution in [2.24, 2.45) is 5.41 Å². The van der Waals surface area contributed by atoms with Crippen molar-refractivity contribution in [1.29, 1.82) is 0 Å². The van der Waals surface area contributed by atoms with Crippen LogP contribution in [0.15, 0.2) is 60.7 Å². The fraction of sp³-hybridized carbons (Fsp3) is 0.261. The van der Waals surface area contributed by atoms with Crippen LogP contribution in [0.5, 0.6) is 0 Å². The number of hydrogen-bond acceptors (Lipinski definition) is 1. The van der Waals surface area contributed by atoms with Crippen molar-refractivity contribution in [2.75, 3.05) is 0 Å². The molecule has 0 atom stereocenters. The van der Waals surface area contributed by atoms with Gasteiger partial charge in [-0.2, -0.15) is 0 Å². The highest BCUT2D eigenvalue weighted by atomic mass is 16.1. The fourth-order valence-corrected chi connectivity index (χ4v) is 3.05. The van der Waals surface area contributed by atoms with E-state index in [9.17, 15) is 4.79 Å². The van der Waals surface area contributed by atoms with Gasteiger partial charge in [0, 0.05) is 11.1 Å². The molecule has 0 radical (unpaired) electrons. The van der Waals surface area contributed by atoms with Gasteiger partial charge in [0.05, 0.1) is 0 Å². The highest BCUT2D eigenvalue weighted by Gasteiger charge is 2.36. The van der Waals surface area contributed by atoms with E-state index in [0.717, 1.165) is 36.8 Å². The van der Waals surface area contributed by atoms with E-state index < -0.39 is 5.41 Å². The monoisotopic (exact) mass is 312 g/mol. The predicted octanol–water partition coefficient (Wildman–Crippen LogP) is 4.61. The number of ketones is 1. The van der Waals surface area contributed by atoms with Crippen LogP contribution in [0.3, 0.4) is 0 Å². The summed E-state index contributed by atoms with van der Waals surface area (Å²) >= 11 is 0. The second kappa shape index (κ2) is 7.67. The van der Waals surface area contributed by atoms with Crippen molar-refractivity contribution in [3.05, 3.63) is 71.8 Å². The van der Waals surface area contributed by atoms with E-state index in [4.69, 9.17) is 0 Å². The molecule has 0 saturated heterocycles. The fourth-order valence-electron chi connectivity index (χ4n) is 3.05. The van der Waals surface area contributed by atoms with E-state index in [-0.39, 0.29) is 5.78 Å². The van der Waals surface area contributed by atoms with E-state index in [0.29, 0.717) is 0 Å². The average molecular weight is 312 g/mol. The van der Waals surface area contributed by atoms with Gasteiger partial charge in [-0.05, 0) is 43.0 Å². The Bertz CT molecular complexity index is 804. The summed E-state index contributed by atoms with van der Waals surface area (Å²) in [6.45, 7) is 0. The molecule has 0 bridgehead atoms. The topological polar surface area (TPSA) is 17.1 Å². The van der Waals surface area contributed by atoms with Crippen LogP contribution in [0.4, 0.5) is 0 Å². The zero-order valence-corrected chi connectivity index (χ0v) is 13.7. The summed E-state index contributed by atoms with van der Waals surface area (Å²) in [6.07, 6.45) is 4.89. The Morgan fingerprint density at radius 2 is 1.29 bits per heavy atom. The number of rotatable bonds is 1. The van der Waals surface area contributed by atoms with Crippen molar-refractivity contribution >= 4 is 5.78 Å². The lowest BCUT2D eigenvalue weighted by Gasteiger charge is -2.28. The Kier molecular flexibility index (Phi) is 5.15. The summed E-state index contributed by atoms with van der Waals surface area (Å²) in [6, 6.07) is 19.5. The quantitative estimate of drug-likeness (QED) is 0.703. The van der Waals surface area contributed by atoms with Gasteiger partial charge in [0.1, 0.15) is 5.41 Å². The number of Topliss-reactive ketones (excluding diaryl/α,β-unsaturated/α-hetero) is 1. The molecule has 0 aliphatic heterocycles. The maximum absolute atomic E-state index is 12.8.